The molecule has 2 aromatic rings. The van der Waals surface area contributed by atoms with E-state index in [1.165, 1.54) is 18.2 Å². The number of hydrogen-bond donors (Lipinski definition) is 0. The Hall–Kier alpha value is -2.14. The molecule has 0 bridgehead atoms. The Morgan fingerprint density at radius 3 is 2.64 bits per heavy atom. The Kier molecular flexibility index (Phi) is 5.53. The molecule has 1 saturated carbocycles. The third kappa shape index (κ3) is 4.69. The Morgan fingerprint density at radius 2 is 1.96 bits per heavy atom. The van der Waals surface area contributed by atoms with Crippen molar-refractivity contribution in [1.82, 2.24) is 4.90 Å². The van der Waals surface area contributed by atoms with Crippen LogP contribution in [-0.4, -0.2) is 23.5 Å². The number of carbonyl (C=O) groups excluding carboxylic acids is 1. The average Bonchev–Trinajstić information content (AvgIpc) is 3.41. The van der Waals surface area contributed by atoms with Crippen LogP contribution in [0.15, 0.2) is 42.5 Å². The highest BCUT2D eigenvalue weighted by Crippen LogP contribution is 2.30. The molecule has 1 fully saturated rings. The molecule has 0 spiro atoms. The standard InChI is InChI=1S/C19H18ClF2NO2/c20-16-11-14(21)5-8-18(16)25-10-9-19(24)23(15-6-7-15)12-13-3-1-2-4-17(13)22/h1-5,8,11,15H,6-7,9-10,12H2. The first-order chi connectivity index (χ1) is 12.0. The third-order valence-electron chi connectivity index (χ3n) is 4.07. The van der Waals surface area contributed by atoms with E-state index < -0.39 is 5.82 Å². The van der Waals surface area contributed by atoms with Gasteiger partial charge >= 0.3 is 0 Å². The zero-order valence-corrected chi connectivity index (χ0v) is 14.3. The fraction of sp³-hybridized carbons (Fsp3) is 0.316. The highest BCUT2D eigenvalue weighted by molar-refractivity contribution is 6.32. The number of hydrogen-bond acceptors (Lipinski definition) is 2. The van der Waals surface area contributed by atoms with Crippen LogP contribution in [0.5, 0.6) is 5.75 Å². The normalized spacial score (nSPS) is 13.6. The molecule has 0 aromatic heterocycles. The summed E-state index contributed by atoms with van der Waals surface area (Å²) in [5.74, 6) is -0.513. The number of benzene rings is 2. The van der Waals surface area contributed by atoms with Gasteiger partial charge < -0.3 is 9.64 Å². The average molecular weight is 366 g/mol. The Morgan fingerprint density at radius 1 is 1.20 bits per heavy atom. The largest absolute Gasteiger partial charge is 0.491 e. The second-order valence-electron chi connectivity index (χ2n) is 6.02. The fourth-order valence-corrected chi connectivity index (χ4v) is 2.82. The van der Waals surface area contributed by atoms with Crippen molar-refractivity contribution >= 4 is 17.5 Å². The van der Waals surface area contributed by atoms with Crippen LogP contribution >= 0.6 is 11.6 Å². The lowest BCUT2D eigenvalue weighted by Crippen LogP contribution is -2.33. The molecule has 1 aliphatic carbocycles. The van der Waals surface area contributed by atoms with Gasteiger partial charge in [0, 0.05) is 18.2 Å². The lowest BCUT2D eigenvalue weighted by Gasteiger charge is -2.23. The van der Waals surface area contributed by atoms with Crippen LogP contribution in [0.2, 0.25) is 5.02 Å². The summed E-state index contributed by atoms with van der Waals surface area (Å²) in [6.45, 7) is 0.387. The molecule has 0 atom stereocenters. The highest BCUT2D eigenvalue weighted by Gasteiger charge is 2.32. The molecule has 2 aromatic carbocycles. The summed E-state index contributed by atoms with van der Waals surface area (Å²) >= 11 is 5.89. The van der Waals surface area contributed by atoms with E-state index in [-0.39, 0.29) is 42.4 Å². The first-order valence-corrected chi connectivity index (χ1v) is 8.53. The maximum absolute atomic E-state index is 13.8. The molecule has 0 heterocycles. The van der Waals surface area contributed by atoms with Gasteiger partial charge in [-0.15, -0.1) is 0 Å². The minimum atomic E-state index is -0.446. The zero-order valence-electron chi connectivity index (χ0n) is 13.6. The van der Waals surface area contributed by atoms with Crippen LogP contribution in [0.1, 0.15) is 24.8 Å². The molecule has 0 saturated heterocycles. The number of rotatable bonds is 7. The molecular weight excluding hydrogens is 348 g/mol. The fourth-order valence-electron chi connectivity index (χ4n) is 2.60. The van der Waals surface area contributed by atoms with Crippen LogP contribution < -0.4 is 4.74 Å². The second kappa shape index (κ2) is 7.83. The molecule has 3 nitrogen and oxygen atoms in total. The van der Waals surface area contributed by atoms with Crippen molar-refractivity contribution in [2.24, 2.45) is 0 Å². The van der Waals surface area contributed by atoms with Crippen LogP contribution in [0.4, 0.5) is 8.78 Å². The molecule has 0 aliphatic heterocycles. The first-order valence-electron chi connectivity index (χ1n) is 8.15. The summed E-state index contributed by atoms with van der Waals surface area (Å²) in [6.07, 6.45) is 2.02. The number of carbonyl (C=O) groups is 1. The number of amides is 1. The molecule has 0 radical (unpaired) electrons. The van der Waals surface area contributed by atoms with E-state index in [9.17, 15) is 13.6 Å². The minimum absolute atomic E-state index is 0.0935. The monoisotopic (exact) mass is 365 g/mol. The van der Waals surface area contributed by atoms with Gasteiger partial charge in [-0.2, -0.15) is 0 Å². The van der Waals surface area contributed by atoms with E-state index in [0.29, 0.717) is 11.3 Å². The Bertz CT molecular complexity index is 765. The zero-order chi connectivity index (χ0) is 17.8. The third-order valence-corrected chi connectivity index (χ3v) is 4.37. The van der Waals surface area contributed by atoms with Crippen molar-refractivity contribution in [3.8, 4) is 5.75 Å². The van der Waals surface area contributed by atoms with Gasteiger partial charge in [0.15, 0.2) is 0 Å². The van der Waals surface area contributed by atoms with Crippen molar-refractivity contribution in [1.29, 1.82) is 0 Å². The summed E-state index contributed by atoms with van der Waals surface area (Å²) in [5, 5.41) is 0.165. The van der Waals surface area contributed by atoms with Crippen molar-refractivity contribution in [3.05, 3.63) is 64.7 Å². The smallest absolute Gasteiger partial charge is 0.226 e. The molecule has 0 unspecified atom stereocenters. The number of nitrogens with zero attached hydrogens (tertiary/aromatic N) is 1. The van der Waals surface area contributed by atoms with Crippen molar-refractivity contribution in [2.75, 3.05) is 6.61 Å². The van der Waals surface area contributed by atoms with Gasteiger partial charge in [-0.05, 0) is 37.1 Å². The van der Waals surface area contributed by atoms with Gasteiger partial charge in [-0.25, -0.2) is 8.78 Å². The van der Waals surface area contributed by atoms with Gasteiger partial charge in [0.05, 0.1) is 18.1 Å². The lowest BCUT2D eigenvalue weighted by molar-refractivity contribution is -0.133. The highest BCUT2D eigenvalue weighted by atomic mass is 35.5. The molecule has 3 rings (SSSR count). The molecule has 1 amide bonds. The van der Waals surface area contributed by atoms with E-state index in [1.807, 2.05) is 0 Å². The van der Waals surface area contributed by atoms with E-state index in [4.69, 9.17) is 16.3 Å². The van der Waals surface area contributed by atoms with Gasteiger partial charge in [-0.3, -0.25) is 4.79 Å². The van der Waals surface area contributed by atoms with Crippen molar-refractivity contribution < 1.29 is 18.3 Å². The maximum Gasteiger partial charge on any atom is 0.226 e. The number of halogens is 3. The quantitative estimate of drug-likeness (QED) is 0.718. The molecule has 6 heteroatoms. The molecular formula is C19H18ClF2NO2. The van der Waals surface area contributed by atoms with Crippen molar-refractivity contribution in [2.45, 2.75) is 31.8 Å². The van der Waals surface area contributed by atoms with E-state index in [0.717, 1.165) is 18.9 Å². The molecule has 0 N–H and O–H groups in total. The summed E-state index contributed by atoms with van der Waals surface area (Å²) in [4.78, 5) is 14.2. The van der Waals surface area contributed by atoms with Crippen molar-refractivity contribution in [3.63, 3.8) is 0 Å². The van der Waals surface area contributed by atoms with Gasteiger partial charge in [0.2, 0.25) is 5.91 Å². The molecule has 1 aliphatic rings. The van der Waals surface area contributed by atoms with E-state index >= 15 is 0 Å². The number of ether oxygens (including phenoxy) is 1. The molecule has 25 heavy (non-hydrogen) atoms. The lowest BCUT2D eigenvalue weighted by atomic mass is 10.2. The van der Waals surface area contributed by atoms with Crippen LogP contribution in [-0.2, 0) is 11.3 Å². The first kappa shape index (κ1) is 17.7. The van der Waals surface area contributed by atoms with Crippen LogP contribution in [0.3, 0.4) is 0 Å². The topological polar surface area (TPSA) is 29.5 Å². The Balaban J connectivity index is 1.57. The summed E-state index contributed by atoms with van der Waals surface area (Å²) in [6, 6.07) is 10.5. The van der Waals surface area contributed by atoms with Crippen LogP contribution in [0, 0.1) is 11.6 Å². The second-order valence-corrected chi connectivity index (χ2v) is 6.42. The summed E-state index contributed by atoms with van der Waals surface area (Å²) in [5.41, 5.74) is 0.505. The van der Waals surface area contributed by atoms with Gasteiger partial charge in [0.25, 0.3) is 0 Å². The predicted molar refractivity (Wildman–Crippen MR) is 91.5 cm³/mol. The maximum atomic E-state index is 13.8. The van der Waals surface area contributed by atoms with Gasteiger partial charge in [-0.1, -0.05) is 29.8 Å². The Labute approximate surface area is 150 Å². The minimum Gasteiger partial charge on any atom is -0.491 e. The SMILES string of the molecule is O=C(CCOc1ccc(F)cc1Cl)N(Cc1ccccc1F)C1CC1. The van der Waals surface area contributed by atoms with Crippen LogP contribution in [0.25, 0.3) is 0 Å². The summed E-state index contributed by atoms with van der Waals surface area (Å²) in [7, 11) is 0. The van der Waals surface area contributed by atoms with E-state index in [1.54, 1.807) is 23.1 Å². The van der Waals surface area contributed by atoms with E-state index in [2.05, 4.69) is 0 Å². The summed E-state index contributed by atoms with van der Waals surface area (Å²) < 4.78 is 32.3. The van der Waals surface area contributed by atoms with Gasteiger partial charge in [0.1, 0.15) is 17.4 Å². The molecule has 132 valence electrons. The predicted octanol–water partition coefficient (Wildman–Crippen LogP) is 4.58.